The summed E-state index contributed by atoms with van der Waals surface area (Å²) >= 11 is 3.37. The van der Waals surface area contributed by atoms with Crippen LogP contribution in [0, 0.1) is 6.92 Å². The van der Waals surface area contributed by atoms with Crippen molar-refractivity contribution in [2.24, 2.45) is 5.10 Å². The van der Waals surface area contributed by atoms with Gasteiger partial charge in [0.15, 0.2) is 18.1 Å². The number of nitrogens with one attached hydrogen (secondary N) is 1. The number of phenols is 1. The smallest absolute Gasteiger partial charge is 0.277 e. The summed E-state index contributed by atoms with van der Waals surface area (Å²) in [4.78, 5) is 11.8. The molecule has 0 aromatic heterocycles. The van der Waals surface area contributed by atoms with Gasteiger partial charge in [-0.3, -0.25) is 4.79 Å². The van der Waals surface area contributed by atoms with Crippen LogP contribution in [0.15, 0.2) is 46.0 Å². The molecule has 0 saturated carbocycles. The van der Waals surface area contributed by atoms with Crippen LogP contribution in [-0.4, -0.2) is 30.4 Å². The Labute approximate surface area is 154 Å². The normalized spacial score (nSPS) is 10.7. The van der Waals surface area contributed by atoms with Crippen molar-refractivity contribution >= 4 is 28.1 Å². The van der Waals surface area contributed by atoms with Crippen LogP contribution in [-0.2, 0) is 4.79 Å². The molecule has 0 aliphatic heterocycles. The van der Waals surface area contributed by atoms with Crippen LogP contribution in [0.2, 0.25) is 0 Å². The quantitative estimate of drug-likeness (QED) is 0.545. The molecule has 0 aliphatic rings. The van der Waals surface area contributed by atoms with Gasteiger partial charge in [0.1, 0.15) is 5.75 Å². The predicted molar refractivity (Wildman–Crippen MR) is 99.4 cm³/mol. The SMILES string of the molecule is CCOc1cc(C=NNC(=O)COc2ccc(Br)cc2C)ccc1O. The second-order valence-corrected chi connectivity index (χ2v) is 6.07. The molecule has 0 fully saturated rings. The molecule has 0 spiro atoms. The molecule has 0 saturated heterocycles. The van der Waals surface area contributed by atoms with Crippen LogP contribution in [0.5, 0.6) is 17.2 Å². The Hall–Kier alpha value is -2.54. The van der Waals surface area contributed by atoms with Gasteiger partial charge in [-0.2, -0.15) is 5.10 Å². The van der Waals surface area contributed by atoms with Gasteiger partial charge in [-0.05, 0) is 61.4 Å². The molecule has 0 radical (unpaired) electrons. The van der Waals surface area contributed by atoms with Crippen LogP contribution in [0.25, 0.3) is 0 Å². The topological polar surface area (TPSA) is 80.2 Å². The van der Waals surface area contributed by atoms with E-state index in [0.29, 0.717) is 23.7 Å². The number of ether oxygens (including phenoxy) is 2. The zero-order chi connectivity index (χ0) is 18.2. The lowest BCUT2D eigenvalue weighted by molar-refractivity contribution is -0.123. The molecule has 0 unspecified atom stereocenters. The fourth-order valence-electron chi connectivity index (χ4n) is 2.01. The molecule has 7 heteroatoms. The molecule has 0 bridgehead atoms. The van der Waals surface area contributed by atoms with Crippen molar-refractivity contribution in [2.45, 2.75) is 13.8 Å². The number of carbonyl (C=O) groups is 1. The molecule has 2 aromatic rings. The van der Waals surface area contributed by atoms with Crippen LogP contribution >= 0.6 is 15.9 Å². The Morgan fingerprint density at radius 1 is 1.24 bits per heavy atom. The van der Waals surface area contributed by atoms with E-state index < -0.39 is 0 Å². The number of amides is 1. The molecule has 2 aromatic carbocycles. The number of rotatable bonds is 7. The number of hydrogen-bond acceptors (Lipinski definition) is 5. The first kappa shape index (κ1) is 18.8. The molecule has 0 aliphatic carbocycles. The molecule has 0 heterocycles. The molecule has 6 nitrogen and oxygen atoms in total. The third-order valence-corrected chi connectivity index (χ3v) is 3.68. The largest absolute Gasteiger partial charge is 0.504 e. The van der Waals surface area contributed by atoms with Crippen molar-refractivity contribution in [1.82, 2.24) is 5.43 Å². The highest BCUT2D eigenvalue weighted by Gasteiger charge is 2.05. The van der Waals surface area contributed by atoms with Crippen molar-refractivity contribution in [3.8, 4) is 17.2 Å². The maximum atomic E-state index is 11.8. The summed E-state index contributed by atoms with van der Waals surface area (Å²) in [5.74, 6) is 0.692. The highest BCUT2D eigenvalue weighted by atomic mass is 79.9. The van der Waals surface area contributed by atoms with E-state index in [1.165, 1.54) is 12.3 Å². The van der Waals surface area contributed by atoms with Crippen LogP contribution < -0.4 is 14.9 Å². The minimum atomic E-state index is -0.373. The highest BCUT2D eigenvalue weighted by Crippen LogP contribution is 2.26. The van der Waals surface area contributed by atoms with Gasteiger partial charge in [0.25, 0.3) is 5.91 Å². The number of phenolic OH excluding ortho intramolecular Hbond substituents is 1. The average Bonchev–Trinajstić information content (AvgIpc) is 2.57. The Morgan fingerprint density at radius 2 is 2.04 bits per heavy atom. The van der Waals surface area contributed by atoms with E-state index in [4.69, 9.17) is 9.47 Å². The lowest BCUT2D eigenvalue weighted by Crippen LogP contribution is -2.24. The molecule has 2 N–H and O–H groups in total. The van der Waals surface area contributed by atoms with Gasteiger partial charge in [-0.15, -0.1) is 0 Å². The molecule has 132 valence electrons. The Morgan fingerprint density at radius 3 is 2.76 bits per heavy atom. The number of carbonyl (C=O) groups excluding carboxylic acids is 1. The van der Waals surface area contributed by atoms with Crippen molar-refractivity contribution in [3.05, 3.63) is 52.0 Å². The third-order valence-electron chi connectivity index (χ3n) is 3.18. The van der Waals surface area contributed by atoms with E-state index in [9.17, 15) is 9.90 Å². The summed E-state index contributed by atoms with van der Waals surface area (Å²) < 4.78 is 11.7. The summed E-state index contributed by atoms with van der Waals surface area (Å²) in [7, 11) is 0. The lowest BCUT2D eigenvalue weighted by atomic mass is 10.2. The number of aryl methyl sites for hydroxylation is 1. The Balaban J connectivity index is 1.87. The van der Waals surface area contributed by atoms with E-state index >= 15 is 0 Å². The van der Waals surface area contributed by atoms with Gasteiger partial charge in [0, 0.05) is 4.47 Å². The standard InChI is InChI=1S/C18H19BrN2O4/c1-3-24-17-9-13(4-6-15(17)22)10-20-21-18(23)11-25-16-7-5-14(19)8-12(16)2/h4-10,22H,3,11H2,1-2H3,(H,21,23). The van der Waals surface area contributed by atoms with Crippen LogP contribution in [0.3, 0.4) is 0 Å². The molecule has 25 heavy (non-hydrogen) atoms. The Bertz CT molecular complexity index is 778. The highest BCUT2D eigenvalue weighted by molar-refractivity contribution is 9.10. The maximum Gasteiger partial charge on any atom is 0.277 e. The maximum absolute atomic E-state index is 11.8. The second kappa shape index (κ2) is 9.08. The fraction of sp³-hybridized carbons (Fsp3) is 0.222. The van der Waals surface area contributed by atoms with Gasteiger partial charge >= 0.3 is 0 Å². The molecule has 1 amide bonds. The molecular formula is C18H19BrN2O4. The first-order valence-electron chi connectivity index (χ1n) is 7.66. The fourth-order valence-corrected chi connectivity index (χ4v) is 2.49. The van der Waals surface area contributed by atoms with E-state index in [2.05, 4.69) is 26.5 Å². The van der Waals surface area contributed by atoms with Gasteiger partial charge in [0.05, 0.1) is 12.8 Å². The third kappa shape index (κ3) is 5.79. The minimum Gasteiger partial charge on any atom is -0.504 e. The zero-order valence-corrected chi connectivity index (χ0v) is 15.5. The van der Waals surface area contributed by atoms with Crippen molar-refractivity contribution in [3.63, 3.8) is 0 Å². The summed E-state index contributed by atoms with van der Waals surface area (Å²) in [6, 6.07) is 10.4. The van der Waals surface area contributed by atoms with Gasteiger partial charge < -0.3 is 14.6 Å². The number of hydrazone groups is 1. The number of halogens is 1. The molecule has 2 rings (SSSR count). The van der Waals surface area contributed by atoms with Gasteiger partial charge in [-0.1, -0.05) is 15.9 Å². The lowest BCUT2D eigenvalue weighted by Gasteiger charge is -2.08. The van der Waals surface area contributed by atoms with E-state index in [1.54, 1.807) is 18.2 Å². The van der Waals surface area contributed by atoms with Crippen molar-refractivity contribution < 1.29 is 19.4 Å². The van der Waals surface area contributed by atoms with Gasteiger partial charge in [-0.25, -0.2) is 5.43 Å². The monoisotopic (exact) mass is 406 g/mol. The van der Waals surface area contributed by atoms with E-state index in [-0.39, 0.29) is 18.3 Å². The first-order chi connectivity index (χ1) is 12.0. The predicted octanol–water partition coefficient (Wildman–Crippen LogP) is 3.39. The Kier molecular flexibility index (Phi) is 6.82. The zero-order valence-electron chi connectivity index (χ0n) is 14.0. The number of aromatic hydroxyl groups is 1. The number of nitrogens with zero attached hydrogens (tertiary/aromatic N) is 1. The second-order valence-electron chi connectivity index (χ2n) is 5.15. The summed E-state index contributed by atoms with van der Waals surface area (Å²) in [5, 5.41) is 13.5. The summed E-state index contributed by atoms with van der Waals surface area (Å²) in [6.45, 7) is 4.03. The summed E-state index contributed by atoms with van der Waals surface area (Å²) in [6.07, 6.45) is 1.46. The number of hydrogen-bond donors (Lipinski definition) is 2. The van der Waals surface area contributed by atoms with Gasteiger partial charge in [0.2, 0.25) is 0 Å². The van der Waals surface area contributed by atoms with Crippen LogP contribution in [0.4, 0.5) is 0 Å². The van der Waals surface area contributed by atoms with E-state index in [0.717, 1.165) is 10.0 Å². The average molecular weight is 407 g/mol. The first-order valence-corrected chi connectivity index (χ1v) is 8.45. The molecule has 0 atom stereocenters. The molecular weight excluding hydrogens is 388 g/mol. The van der Waals surface area contributed by atoms with Crippen LogP contribution in [0.1, 0.15) is 18.1 Å². The number of benzene rings is 2. The van der Waals surface area contributed by atoms with Crippen molar-refractivity contribution in [2.75, 3.05) is 13.2 Å². The minimum absolute atomic E-state index is 0.0568. The van der Waals surface area contributed by atoms with E-state index in [1.807, 2.05) is 26.0 Å². The van der Waals surface area contributed by atoms with Crippen molar-refractivity contribution in [1.29, 1.82) is 0 Å². The summed E-state index contributed by atoms with van der Waals surface area (Å²) in [5.41, 5.74) is 4.01.